The van der Waals surface area contributed by atoms with Gasteiger partial charge in [0.05, 0.1) is 11.2 Å². The van der Waals surface area contributed by atoms with E-state index in [4.69, 9.17) is 22.1 Å². The second-order valence-corrected chi connectivity index (χ2v) is 4.37. The van der Waals surface area contributed by atoms with E-state index in [0.717, 1.165) is 12.0 Å². The Labute approximate surface area is 112 Å². The smallest absolute Gasteiger partial charge is 0.139 e. The van der Waals surface area contributed by atoms with Gasteiger partial charge in [0.2, 0.25) is 0 Å². The molecule has 0 saturated carbocycles. The minimum absolute atomic E-state index is 0.498. The Morgan fingerprint density at radius 1 is 1.17 bits per heavy atom. The first kappa shape index (κ1) is 12.9. The van der Waals surface area contributed by atoms with Gasteiger partial charge in [0.15, 0.2) is 0 Å². The molecule has 0 amide bonds. The van der Waals surface area contributed by atoms with Crippen molar-refractivity contribution in [2.75, 3.05) is 6.54 Å². The van der Waals surface area contributed by atoms with Crippen LogP contribution in [0.3, 0.4) is 0 Å². The van der Waals surface area contributed by atoms with Crippen LogP contribution in [0.5, 0.6) is 5.75 Å². The Hall–Kier alpha value is -1.58. The summed E-state index contributed by atoms with van der Waals surface area (Å²) in [6.45, 7) is 1.13. The summed E-state index contributed by atoms with van der Waals surface area (Å²) < 4.78 is 5.67. The summed E-state index contributed by atoms with van der Waals surface area (Å²) >= 11 is 5.85. The van der Waals surface area contributed by atoms with Crippen molar-refractivity contribution < 1.29 is 4.74 Å². The van der Waals surface area contributed by atoms with E-state index < -0.39 is 0 Å². The quantitative estimate of drug-likeness (QED) is 0.901. The molecule has 0 atom stereocenters. The zero-order chi connectivity index (χ0) is 12.8. The molecular weight excluding hydrogens is 248 g/mol. The van der Waals surface area contributed by atoms with Gasteiger partial charge in [-0.05, 0) is 24.1 Å². The van der Waals surface area contributed by atoms with Crippen LogP contribution < -0.4 is 10.5 Å². The molecule has 2 rings (SSSR count). The third-order valence-corrected chi connectivity index (χ3v) is 2.81. The van der Waals surface area contributed by atoms with Gasteiger partial charge >= 0.3 is 0 Å². The van der Waals surface area contributed by atoms with Gasteiger partial charge in [0.25, 0.3) is 0 Å². The second-order valence-electron chi connectivity index (χ2n) is 3.93. The van der Waals surface area contributed by atoms with Gasteiger partial charge in [-0.2, -0.15) is 0 Å². The fourth-order valence-corrected chi connectivity index (χ4v) is 1.89. The summed E-state index contributed by atoms with van der Waals surface area (Å²) in [6, 6.07) is 9.87. The molecule has 0 aliphatic carbocycles. The van der Waals surface area contributed by atoms with Crippen molar-refractivity contribution in [3.63, 3.8) is 0 Å². The summed E-state index contributed by atoms with van der Waals surface area (Å²) in [6.07, 6.45) is 4.08. The van der Waals surface area contributed by atoms with E-state index in [9.17, 15) is 0 Å². The number of nitrogens with zero attached hydrogens (tertiary/aromatic N) is 1. The van der Waals surface area contributed by atoms with Crippen LogP contribution in [0.2, 0.25) is 5.02 Å². The van der Waals surface area contributed by atoms with Crippen LogP contribution in [0, 0.1) is 0 Å². The summed E-state index contributed by atoms with van der Waals surface area (Å²) in [5, 5.41) is 0.572. The number of ether oxygens (including phenoxy) is 1. The van der Waals surface area contributed by atoms with Crippen LogP contribution in [0.4, 0.5) is 0 Å². The number of benzene rings is 1. The number of halogens is 1. The predicted molar refractivity (Wildman–Crippen MR) is 72.8 cm³/mol. The first-order valence-electron chi connectivity index (χ1n) is 5.80. The second kappa shape index (κ2) is 6.38. The fraction of sp³-hybridized carbons (Fsp3) is 0.214. The number of hydrogen-bond acceptors (Lipinski definition) is 3. The summed E-state index contributed by atoms with van der Waals surface area (Å²) in [4.78, 5) is 3.98. The average molecular weight is 263 g/mol. The van der Waals surface area contributed by atoms with Crippen molar-refractivity contribution in [2.45, 2.75) is 13.0 Å². The highest BCUT2D eigenvalue weighted by atomic mass is 35.5. The number of hydrogen-bond donors (Lipinski definition) is 1. The Bertz CT molecular complexity index is 517. The molecule has 3 nitrogen and oxygen atoms in total. The van der Waals surface area contributed by atoms with Crippen LogP contribution in [0.15, 0.2) is 42.7 Å². The molecule has 1 aromatic carbocycles. The average Bonchev–Trinajstić information content (AvgIpc) is 2.38. The van der Waals surface area contributed by atoms with E-state index in [0.29, 0.717) is 23.9 Å². The molecule has 94 valence electrons. The number of pyridine rings is 1. The maximum Gasteiger partial charge on any atom is 0.139 e. The molecule has 0 unspecified atom stereocenters. The predicted octanol–water partition coefficient (Wildman–Crippen LogP) is 2.82. The van der Waals surface area contributed by atoms with E-state index in [1.54, 1.807) is 18.5 Å². The highest BCUT2D eigenvalue weighted by Gasteiger charge is 2.02. The first-order chi connectivity index (χ1) is 8.79. The van der Waals surface area contributed by atoms with Gasteiger partial charge in [0, 0.05) is 12.3 Å². The lowest BCUT2D eigenvalue weighted by Gasteiger charge is -2.10. The Morgan fingerprint density at radius 3 is 2.67 bits per heavy atom. The zero-order valence-electron chi connectivity index (χ0n) is 9.97. The van der Waals surface area contributed by atoms with Crippen LogP contribution in [-0.4, -0.2) is 11.5 Å². The highest BCUT2D eigenvalue weighted by Crippen LogP contribution is 2.18. The van der Waals surface area contributed by atoms with Gasteiger partial charge < -0.3 is 10.5 Å². The molecule has 0 aliphatic rings. The molecule has 1 heterocycles. The summed E-state index contributed by atoms with van der Waals surface area (Å²) in [5.41, 5.74) is 7.95. The van der Waals surface area contributed by atoms with Crippen LogP contribution in [-0.2, 0) is 13.0 Å². The fourth-order valence-electron chi connectivity index (χ4n) is 1.73. The van der Waals surface area contributed by atoms with Crippen LogP contribution >= 0.6 is 11.6 Å². The highest BCUT2D eigenvalue weighted by molar-refractivity contribution is 6.30. The molecule has 1 aromatic heterocycles. The maximum atomic E-state index is 5.85. The van der Waals surface area contributed by atoms with E-state index in [1.165, 1.54) is 5.56 Å². The minimum atomic E-state index is 0.498. The van der Waals surface area contributed by atoms with Crippen molar-refractivity contribution in [3.05, 3.63) is 58.9 Å². The van der Waals surface area contributed by atoms with Crippen molar-refractivity contribution >= 4 is 11.6 Å². The van der Waals surface area contributed by atoms with Crippen molar-refractivity contribution in [1.82, 2.24) is 4.98 Å². The zero-order valence-corrected chi connectivity index (χ0v) is 10.7. The van der Waals surface area contributed by atoms with Gasteiger partial charge in [-0.25, -0.2) is 0 Å². The van der Waals surface area contributed by atoms with Crippen molar-refractivity contribution in [3.8, 4) is 5.75 Å². The molecule has 0 aliphatic heterocycles. The molecule has 4 heteroatoms. The molecule has 0 spiro atoms. The molecule has 2 aromatic rings. The summed E-state index contributed by atoms with van der Waals surface area (Å²) in [7, 11) is 0. The third-order valence-electron chi connectivity index (χ3n) is 2.61. The Kier molecular flexibility index (Phi) is 4.56. The van der Waals surface area contributed by atoms with E-state index in [-0.39, 0.29) is 0 Å². The Morgan fingerprint density at radius 2 is 1.94 bits per heavy atom. The largest absolute Gasteiger partial charge is 0.487 e. The molecule has 0 saturated heterocycles. The Balaban J connectivity index is 2.06. The van der Waals surface area contributed by atoms with Crippen LogP contribution in [0.25, 0.3) is 0 Å². The van der Waals surface area contributed by atoms with Gasteiger partial charge in [-0.3, -0.25) is 4.98 Å². The lowest BCUT2D eigenvalue weighted by Crippen LogP contribution is -2.07. The first-order valence-corrected chi connectivity index (χ1v) is 6.17. The van der Waals surface area contributed by atoms with Gasteiger partial charge in [0.1, 0.15) is 12.4 Å². The topological polar surface area (TPSA) is 48.1 Å². The minimum Gasteiger partial charge on any atom is -0.487 e. The SMILES string of the molecule is NCCc1ccccc1COc1cncc(Cl)c1. The monoisotopic (exact) mass is 262 g/mol. The maximum absolute atomic E-state index is 5.85. The number of rotatable bonds is 5. The van der Waals surface area contributed by atoms with Gasteiger partial charge in [-0.1, -0.05) is 35.9 Å². The van der Waals surface area contributed by atoms with E-state index in [1.807, 2.05) is 18.2 Å². The van der Waals surface area contributed by atoms with E-state index >= 15 is 0 Å². The van der Waals surface area contributed by atoms with Gasteiger partial charge in [-0.15, -0.1) is 0 Å². The molecule has 18 heavy (non-hydrogen) atoms. The molecule has 0 bridgehead atoms. The van der Waals surface area contributed by atoms with Crippen LogP contribution in [0.1, 0.15) is 11.1 Å². The molecule has 0 radical (unpaired) electrons. The number of aromatic nitrogens is 1. The molecular formula is C14H15ClN2O. The molecule has 0 fully saturated rings. The third kappa shape index (κ3) is 3.45. The van der Waals surface area contributed by atoms with E-state index in [2.05, 4.69) is 11.1 Å². The van der Waals surface area contributed by atoms with Crippen molar-refractivity contribution in [2.24, 2.45) is 5.73 Å². The normalized spacial score (nSPS) is 10.3. The summed E-state index contributed by atoms with van der Waals surface area (Å²) in [5.74, 6) is 0.671. The standard InChI is InChI=1S/C14H15ClN2O/c15-13-7-14(9-17-8-13)18-10-12-4-2-1-3-11(12)5-6-16/h1-4,7-9H,5-6,10,16H2. The number of nitrogens with two attached hydrogens (primary N) is 1. The molecule has 2 N–H and O–H groups in total. The lowest BCUT2D eigenvalue weighted by molar-refractivity contribution is 0.304. The van der Waals surface area contributed by atoms with Crippen molar-refractivity contribution in [1.29, 1.82) is 0 Å². The lowest BCUT2D eigenvalue weighted by atomic mass is 10.1.